The van der Waals surface area contributed by atoms with Gasteiger partial charge in [-0.05, 0) is 45.4 Å². The van der Waals surface area contributed by atoms with E-state index >= 15 is 0 Å². The number of nitrogens with zero attached hydrogens (tertiary/aromatic N) is 1. The molecule has 1 N–H and O–H groups in total. The van der Waals surface area contributed by atoms with E-state index in [1.807, 2.05) is 19.1 Å². The Morgan fingerprint density at radius 3 is 1.24 bits per heavy atom. The quantitative estimate of drug-likeness (QED) is 0.0503. The van der Waals surface area contributed by atoms with Crippen molar-refractivity contribution in [2.24, 2.45) is 0 Å². The summed E-state index contributed by atoms with van der Waals surface area (Å²) in [4.78, 5) is 31.9. The number of imidazole rings is 1. The first-order valence-corrected chi connectivity index (χ1v) is 24.9. The highest BCUT2D eigenvalue weighted by Crippen LogP contribution is 2.32. The number of fused-ring (bicyclic) bond motifs is 1. The molecule has 0 spiro atoms. The van der Waals surface area contributed by atoms with Crippen LogP contribution in [0.4, 0.5) is 0 Å². The van der Waals surface area contributed by atoms with Crippen molar-refractivity contribution in [2.45, 2.75) is 188 Å². The smallest absolute Gasteiger partial charge is 0.305 e. The van der Waals surface area contributed by atoms with Gasteiger partial charge in [0.25, 0.3) is 0 Å². The molecule has 2 rings (SSSR count). The zero-order valence-corrected chi connectivity index (χ0v) is 39.6. The highest BCUT2D eigenvalue weighted by Gasteiger charge is 2.11. The van der Waals surface area contributed by atoms with Crippen molar-refractivity contribution in [3.05, 3.63) is 18.0 Å². The number of nitrogens with one attached hydrogen (secondary N) is 1. The molecule has 0 radical (unpaired) electrons. The number of aromatic nitrogens is 2. The molecule has 0 unspecified atom stereocenters. The molecule has 12 heteroatoms. The summed E-state index contributed by atoms with van der Waals surface area (Å²) in [5.74, 6) is 2.15. The van der Waals surface area contributed by atoms with Crippen LogP contribution in [0.25, 0.3) is 11.0 Å². The summed E-state index contributed by atoms with van der Waals surface area (Å²) in [5, 5.41) is 0. The van der Waals surface area contributed by atoms with Gasteiger partial charge in [-0.15, -0.1) is 0 Å². The van der Waals surface area contributed by atoms with Gasteiger partial charge in [-0.1, -0.05) is 129 Å². The lowest BCUT2D eigenvalue weighted by Crippen LogP contribution is -2.13. The first-order valence-electron chi connectivity index (χ1n) is 24.9. The summed E-state index contributed by atoms with van der Waals surface area (Å²) < 4.78 is 45.2. The average Bonchev–Trinajstić information content (AvgIpc) is 3.64. The number of aryl methyl sites for hydroxylation is 1. The van der Waals surface area contributed by atoms with Crippen molar-refractivity contribution in [3.63, 3.8) is 0 Å². The van der Waals surface area contributed by atoms with Crippen molar-refractivity contribution < 1.29 is 47.5 Å². The van der Waals surface area contributed by atoms with Crippen molar-refractivity contribution in [1.82, 2.24) is 9.97 Å². The number of rotatable bonds is 46. The molecule has 62 heavy (non-hydrogen) atoms. The van der Waals surface area contributed by atoms with Crippen LogP contribution in [0, 0.1) is 6.92 Å². The Morgan fingerprint density at radius 2 is 0.790 bits per heavy atom. The van der Waals surface area contributed by atoms with E-state index in [0.717, 1.165) is 119 Å². The second-order valence-electron chi connectivity index (χ2n) is 16.5. The largest absolute Gasteiger partial charge is 0.490 e. The molecule has 0 aliphatic heterocycles. The Labute approximate surface area is 375 Å². The van der Waals surface area contributed by atoms with Crippen LogP contribution in [0.2, 0.25) is 0 Å². The van der Waals surface area contributed by atoms with Gasteiger partial charge in [0.2, 0.25) is 0 Å². The minimum absolute atomic E-state index is 0.133. The summed E-state index contributed by atoms with van der Waals surface area (Å²) in [6.07, 6.45) is 28.1. The summed E-state index contributed by atoms with van der Waals surface area (Å²) in [6.45, 7) is 13.0. The zero-order valence-electron chi connectivity index (χ0n) is 39.6. The molecule has 0 bridgehead atoms. The topological polar surface area (TPSA) is 137 Å². The van der Waals surface area contributed by atoms with Gasteiger partial charge in [0, 0.05) is 38.2 Å². The van der Waals surface area contributed by atoms with E-state index < -0.39 is 0 Å². The number of esters is 2. The predicted octanol–water partition coefficient (Wildman–Crippen LogP) is 12.0. The maximum Gasteiger partial charge on any atom is 0.305 e. The summed E-state index contributed by atoms with van der Waals surface area (Å²) in [6, 6.07) is 4.01. The van der Waals surface area contributed by atoms with E-state index in [0.29, 0.717) is 78.9 Å². The van der Waals surface area contributed by atoms with Crippen LogP contribution in [-0.4, -0.2) is 101 Å². The zero-order chi connectivity index (χ0) is 44.4. The van der Waals surface area contributed by atoms with Gasteiger partial charge in [0.05, 0.1) is 63.9 Å². The Balaban J connectivity index is 1.42. The van der Waals surface area contributed by atoms with Gasteiger partial charge in [-0.2, -0.15) is 0 Å². The number of H-pyrrole nitrogens is 1. The Morgan fingerprint density at radius 1 is 0.435 bits per heavy atom. The van der Waals surface area contributed by atoms with Gasteiger partial charge in [0.1, 0.15) is 19.0 Å². The molecule has 0 aliphatic carbocycles. The second kappa shape index (κ2) is 40.8. The number of carbonyl (C=O) groups excluding carboxylic acids is 2. The number of carbonyl (C=O) groups is 2. The van der Waals surface area contributed by atoms with Gasteiger partial charge < -0.3 is 42.9 Å². The maximum atomic E-state index is 12.0. The van der Waals surface area contributed by atoms with E-state index in [-0.39, 0.29) is 11.9 Å². The van der Waals surface area contributed by atoms with Crippen LogP contribution in [0.3, 0.4) is 0 Å². The molecular formula is C50H88N2O10. The third kappa shape index (κ3) is 31.8. The Hall–Kier alpha value is -2.93. The minimum atomic E-state index is -0.133. The van der Waals surface area contributed by atoms with E-state index in [4.69, 9.17) is 37.9 Å². The number of aromatic amines is 1. The van der Waals surface area contributed by atoms with Crippen molar-refractivity contribution >= 4 is 23.0 Å². The van der Waals surface area contributed by atoms with E-state index in [1.54, 1.807) is 0 Å². The standard InChI is InChI=1S/C50H88N2O10/c1-4-6-8-24-30-55-34-36-57-38-40-61-49(53)28-22-18-14-10-12-16-20-26-32-59-47-42-45-46(52-44(3)51-45)43-48(47)60-33-27-21-17-13-11-15-19-23-29-50(54)62-41-39-58-37-35-56-31-25-9-7-5-2/h42-43H,4-41H2,1-3H3,(H,51,52). The number of hydrogen-bond donors (Lipinski definition) is 1. The van der Waals surface area contributed by atoms with Crippen LogP contribution in [0.15, 0.2) is 12.1 Å². The van der Waals surface area contributed by atoms with E-state index in [1.165, 1.54) is 77.0 Å². The van der Waals surface area contributed by atoms with E-state index in [2.05, 4.69) is 23.8 Å². The van der Waals surface area contributed by atoms with Crippen molar-refractivity contribution in [3.8, 4) is 11.5 Å². The normalized spacial score (nSPS) is 11.4. The molecule has 0 amide bonds. The lowest BCUT2D eigenvalue weighted by Gasteiger charge is -2.13. The third-order valence-electron chi connectivity index (χ3n) is 10.7. The number of ether oxygens (including phenoxy) is 8. The Bertz CT molecular complexity index is 1240. The van der Waals surface area contributed by atoms with Crippen LogP contribution in [-0.2, 0) is 38.0 Å². The van der Waals surface area contributed by atoms with Gasteiger partial charge in [0.15, 0.2) is 11.5 Å². The summed E-state index contributed by atoms with van der Waals surface area (Å²) in [7, 11) is 0. The molecule has 1 aromatic heterocycles. The highest BCUT2D eigenvalue weighted by molar-refractivity contribution is 5.79. The third-order valence-corrected chi connectivity index (χ3v) is 10.7. The molecule has 1 aromatic carbocycles. The molecular weight excluding hydrogens is 789 g/mol. The lowest BCUT2D eigenvalue weighted by molar-refractivity contribution is -0.146. The van der Waals surface area contributed by atoms with Gasteiger partial charge in [-0.3, -0.25) is 9.59 Å². The van der Waals surface area contributed by atoms with E-state index in [9.17, 15) is 9.59 Å². The fourth-order valence-electron chi connectivity index (χ4n) is 7.08. The summed E-state index contributed by atoms with van der Waals surface area (Å²) in [5.41, 5.74) is 1.85. The van der Waals surface area contributed by atoms with Crippen molar-refractivity contribution in [2.75, 3.05) is 79.3 Å². The van der Waals surface area contributed by atoms with Crippen LogP contribution >= 0.6 is 0 Å². The molecule has 358 valence electrons. The molecule has 0 atom stereocenters. The molecule has 0 saturated carbocycles. The Kier molecular flexibility index (Phi) is 36.3. The monoisotopic (exact) mass is 877 g/mol. The minimum Gasteiger partial charge on any atom is -0.490 e. The second-order valence-corrected chi connectivity index (χ2v) is 16.5. The summed E-state index contributed by atoms with van der Waals surface area (Å²) >= 11 is 0. The first-order chi connectivity index (χ1) is 30.5. The lowest BCUT2D eigenvalue weighted by atomic mass is 10.1. The molecule has 12 nitrogen and oxygen atoms in total. The average molecular weight is 877 g/mol. The number of benzene rings is 1. The SMILES string of the molecule is CCCCCCOCCOCCOC(=O)CCCCCCCCCCOc1cc2nc(C)[nH]c2cc1OCCCCCCCCCCC(=O)OCCOCCOCCCCCC. The van der Waals surface area contributed by atoms with Crippen LogP contribution in [0.1, 0.15) is 187 Å². The molecule has 2 aromatic rings. The highest BCUT2D eigenvalue weighted by atomic mass is 16.6. The van der Waals surface area contributed by atoms with Crippen molar-refractivity contribution in [1.29, 1.82) is 0 Å². The maximum absolute atomic E-state index is 12.0. The molecule has 0 fully saturated rings. The molecule has 0 aliphatic rings. The van der Waals surface area contributed by atoms with Crippen LogP contribution in [0.5, 0.6) is 11.5 Å². The molecule has 0 saturated heterocycles. The fourth-order valence-corrected chi connectivity index (χ4v) is 7.08. The fraction of sp³-hybridized carbons (Fsp3) is 0.820. The first kappa shape index (κ1) is 55.2. The van der Waals surface area contributed by atoms with Crippen LogP contribution < -0.4 is 9.47 Å². The van der Waals surface area contributed by atoms with Gasteiger partial charge in [-0.25, -0.2) is 4.98 Å². The predicted molar refractivity (Wildman–Crippen MR) is 248 cm³/mol. The number of hydrogen-bond acceptors (Lipinski definition) is 11. The molecule has 1 heterocycles. The number of unbranched alkanes of at least 4 members (excludes halogenated alkanes) is 20. The van der Waals surface area contributed by atoms with Gasteiger partial charge >= 0.3 is 11.9 Å².